The molecule has 3 N–H and O–H groups in total. The molecule has 0 heterocycles. The van der Waals surface area contributed by atoms with Gasteiger partial charge in [0.15, 0.2) is 10.9 Å². The van der Waals surface area contributed by atoms with Gasteiger partial charge in [0.1, 0.15) is 0 Å². The molecular formula is C33H50N2O3S. The third kappa shape index (κ3) is 3.71. The lowest BCUT2D eigenvalue weighted by molar-refractivity contribution is -0.232. The molecule has 0 unspecified atom stereocenters. The van der Waals surface area contributed by atoms with Crippen molar-refractivity contribution >= 4 is 29.1 Å². The lowest BCUT2D eigenvalue weighted by Gasteiger charge is -2.72. The summed E-state index contributed by atoms with van der Waals surface area (Å²) in [5, 5.41) is 3.16. The van der Waals surface area contributed by atoms with Crippen LogP contribution in [0.15, 0.2) is 23.9 Å². The van der Waals surface area contributed by atoms with Gasteiger partial charge in [0.05, 0.1) is 12.5 Å². The molecule has 0 spiro atoms. The Bertz CT molecular complexity index is 1140. The lowest BCUT2D eigenvalue weighted by Crippen LogP contribution is -2.67. The maximum atomic E-state index is 13.7. The average molecular weight is 555 g/mol. The molecule has 5 saturated carbocycles. The highest BCUT2D eigenvalue weighted by Gasteiger charge is 2.72. The summed E-state index contributed by atoms with van der Waals surface area (Å²) in [5.74, 6) is 2.24. The molecule has 0 amide bonds. The molecule has 0 aromatic heterocycles. The van der Waals surface area contributed by atoms with Crippen molar-refractivity contribution in [2.24, 2.45) is 62.4 Å². The fraction of sp³-hybridized carbons (Fsp3) is 0.788. The van der Waals surface area contributed by atoms with Gasteiger partial charge in [-0.15, -0.1) is 0 Å². The van der Waals surface area contributed by atoms with Gasteiger partial charge in [-0.2, -0.15) is 0 Å². The Morgan fingerprint density at radius 2 is 1.72 bits per heavy atom. The number of fused-ring (bicyclic) bond motifs is 7. The van der Waals surface area contributed by atoms with E-state index >= 15 is 0 Å². The van der Waals surface area contributed by atoms with E-state index in [2.05, 4.69) is 53.4 Å². The van der Waals surface area contributed by atoms with Crippen LogP contribution in [0.4, 0.5) is 0 Å². The molecule has 5 nitrogen and oxygen atoms in total. The summed E-state index contributed by atoms with van der Waals surface area (Å²) in [6, 6.07) is 0. The summed E-state index contributed by atoms with van der Waals surface area (Å²) in [7, 11) is 1.57. The first kappa shape index (κ1) is 28.8. The fourth-order valence-corrected chi connectivity index (χ4v) is 11.9. The maximum Gasteiger partial charge on any atom is 0.312 e. The molecule has 5 rings (SSSR count). The summed E-state index contributed by atoms with van der Waals surface area (Å²) < 4.78 is 5.51. The molecule has 0 aromatic carbocycles. The minimum Gasteiger partial charge on any atom is -0.469 e. The predicted molar refractivity (Wildman–Crippen MR) is 159 cm³/mol. The first-order valence-electron chi connectivity index (χ1n) is 15.1. The van der Waals surface area contributed by atoms with Crippen LogP contribution in [0, 0.1) is 56.7 Å². The van der Waals surface area contributed by atoms with Gasteiger partial charge in [0.2, 0.25) is 0 Å². The van der Waals surface area contributed by atoms with E-state index in [0.717, 1.165) is 63.4 Å². The number of allylic oxidation sites excluding steroid dienone is 2. The molecule has 0 aromatic rings. The van der Waals surface area contributed by atoms with Crippen molar-refractivity contribution in [3.63, 3.8) is 0 Å². The lowest BCUT2D eigenvalue weighted by atomic mass is 9.32. The average Bonchev–Trinajstić information content (AvgIpc) is 3.26. The van der Waals surface area contributed by atoms with Crippen molar-refractivity contribution in [2.75, 3.05) is 7.11 Å². The number of methoxy groups -OCH3 is 1. The van der Waals surface area contributed by atoms with Crippen LogP contribution in [-0.2, 0) is 14.3 Å². The number of ether oxygens (including phenoxy) is 1. The van der Waals surface area contributed by atoms with Crippen LogP contribution in [0.2, 0.25) is 0 Å². The first-order valence-corrected chi connectivity index (χ1v) is 15.5. The highest BCUT2D eigenvalue weighted by Crippen LogP contribution is 2.77. The number of hydrogen-bond acceptors (Lipinski definition) is 4. The molecular weight excluding hydrogens is 504 g/mol. The van der Waals surface area contributed by atoms with Crippen molar-refractivity contribution in [1.82, 2.24) is 5.32 Å². The molecule has 0 aliphatic heterocycles. The number of ketones is 1. The highest BCUT2D eigenvalue weighted by molar-refractivity contribution is 7.80. The summed E-state index contributed by atoms with van der Waals surface area (Å²) in [6.07, 6.45) is 11.0. The number of hydrogen-bond donors (Lipinski definition) is 2. The Labute approximate surface area is 241 Å². The minimum absolute atomic E-state index is 0.00242. The van der Waals surface area contributed by atoms with Crippen LogP contribution in [0.3, 0.4) is 0 Å². The van der Waals surface area contributed by atoms with Gasteiger partial charge < -0.3 is 15.8 Å². The SMILES string of the molecule is C=C(C)[C@@H]1CC[C@]2(C(=O)OC)CC[C@]3(C)[C@H](CC[C@@H]4[C@@]5(C)C/C(=C\NC(N)=S)C(=O)C(C)(C)[C@H]5CC[C@]43C)[C@H]12. The number of esters is 1. The van der Waals surface area contributed by atoms with Gasteiger partial charge in [-0.1, -0.05) is 46.8 Å². The molecule has 6 heteroatoms. The topological polar surface area (TPSA) is 81.4 Å². The summed E-state index contributed by atoms with van der Waals surface area (Å²) >= 11 is 5.06. The Hall–Kier alpha value is -1.69. The Kier molecular flexibility index (Phi) is 6.77. The molecule has 5 aliphatic carbocycles. The maximum absolute atomic E-state index is 13.7. The second kappa shape index (κ2) is 9.16. The van der Waals surface area contributed by atoms with Crippen LogP contribution >= 0.6 is 12.2 Å². The van der Waals surface area contributed by atoms with E-state index in [-0.39, 0.29) is 38.5 Å². The standard InChI is InChI=1S/C33H50N2O3S/c1-19(2)21-11-14-33(27(37)38-8)16-15-31(6)22(25(21)33)9-10-24-30(5)17-20(18-35-28(34)39)26(36)29(3,4)23(30)12-13-32(24,31)7/h18,21-25H,1,9-17H2,2-8H3,(H3,34,35,39)/b20-18+/t21-,22+,23+,24+,25-,30-,31+,32+,33-/m0/s1. The van der Waals surface area contributed by atoms with Crippen molar-refractivity contribution < 1.29 is 14.3 Å². The number of thiocarbonyl (C=S) groups is 1. The van der Waals surface area contributed by atoms with E-state index in [1.807, 2.05) is 0 Å². The van der Waals surface area contributed by atoms with Gasteiger partial charge in [0, 0.05) is 17.2 Å². The molecule has 5 fully saturated rings. The first-order chi connectivity index (χ1) is 18.1. The van der Waals surface area contributed by atoms with Gasteiger partial charge >= 0.3 is 5.97 Å². The van der Waals surface area contributed by atoms with Gasteiger partial charge in [-0.25, -0.2) is 0 Å². The molecule has 0 radical (unpaired) electrons. The zero-order valence-corrected chi connectivity index (χ0v) is 26.1. The van der Waals surface area contributed by atoms with Crippen molar-refractivity contribution in [3.05, 3.63) is 23.9 Å². The van der Waals surface area contributed by atoms with Crippen molar-refractivity contribution in [1.29, 1.82) is 0 Å². The van der Waals surface area contributed by atoms with Crippen LogP contribution in [0.25, 0.3) is 0 Å². The van der Waals surface area contributed by atoms with Gasteiger partial charge in [-0.05, 0) is 123 Å². The van der Waals surface area contributed by atoms with Crippen LogP contribution < -0.4 is 11.1 Å². The molecule has 9 atom stereocenters. The van der Waals surface area contributed by atoms with Gasteiger partial charge in [-0.3, -0.25) is 9.59 Å². The monoisotopic (exact) mass is 554 g/mol. The van der Waals surface area contributed by atoms with Gasteiger partial charge in [0.25, 0.3) is 0 Å². The molecule has 216 valence electrons. The fourth-order valence-electron chi connectivity index (χ4n) is 11.8. The molecule has 0 saturated heterocycles. The summed E-state index contributed by atoms with van der Waals surface area (Å²) in [5.41, 5.74) is 7.26. The predicted octanol–water partition coefficient (Wildman–Crippen LogP) is 6.71. The Morgan fingerprint density at radius 1 is 1.03 bits per heavy atom. The third-order valence-electron chi connectivity index (χ3n) is 13.6. The van der Waals surface area contributed by atoms with E-state index in [9.17, 15) is 9.59 Å². The van der Waals surface area contributed by atoms with Crippen LogP contribution in [0.1, 0.15) is 99.3 Å². The number of rotatable bonds is 3. The third-order valence-corrected chi connectivity index (χ3v) is 13.8. The number of nitrogens with one attached hydrogen (secondary N) is 1. The van der Waals surface area contributed by atoms with E-state index < -0.39 is 5.41 Å². The minimum atomic E-state index is -0.432. The molecule has 39 heavy (non-hydrogen) atoms. The second-order valence-electron chi connectivity index (χ2n) is 15.2. The number of Topliss-reactive ketones (excluding diaryl/α,β-unsaturated/α-hetero) is 1. The van der Waals surface area contributed by atoms with Crippen LogP contribution in [0.5, 0.6) is 0 Å². The van der Waals surface area contributed by atoms with E-state index in [1.54, 1.807) is 13.3 Å². The zero-order valence-electron chi connectivity index (χ0n) is 25.2. The molecule has 0 bridgehead atoms. The normalized spacial score (nSPS) is 47.3. The van der Waals surface area contributed by atoms with Crippen molar-refractivity contribution in [3.8, 4) is 0 Å². The summed E-state index contributed by atoms with van der Waals surface area (Å²) in [4.78, 5) is 27.1. The molecule has 5 aliphatic rings. The van der Waals surface area contributed by atoms with E-state index in [1.165, 1.54) is 5.57 Å². The quantitative estimate of drug-likeness (QED) is 0.175. The Balaban J connectivity index is 1.57. The number of carbonyl (C=O) groups excluding carboxylic acids is 2. The number of carbonyl (C=O) groups is 2. The zero-order chi connectivity index (χ0) is 28.8. The second-order valence-corrected chi connectivity index (χ2v) is 15.7. The Morgan fingerprint density at radius 3 is 2.33 bits per heavy atom. The smallest absolute Gasteiger partial charge is 0.312 e. The van der Waals surface area contributed by atoms with Crippen molar-refractivity contribution in [2.45, 2.75) is 99.3 Å². The summed E-state index contributed by atoms with van der Waals surface area (Å²) in [6.45, 7) is 18.5. The highest BCUT2D eigenvalue weighted by atomic mass is 32.1. The number of nitrogens with two attached hydrogens (primary N) is 1. The van der Waals surface area contributed by atoms with E-state index in [4.69, 9.17) is 22.7 Å². The largest absolute Gasteiger partial charge is 0.469 e. The van der Waals surface area contributed by atoms with E-state index in [0.29, 0.717) is 29.6 Å². The van der Waals surface area contributed by atoms with Crippen LogP contribution in [-0.4, -0.2) is 24.0 Å².